The molecule has 3 rings (SSSR count). The van der Waals surface area contributed by atoms with Crippen molar-refractivity contribution in [3.8, 4) is 5.75 Å². The van der Waals surface area contributed by atoms with E-state index in [1.807, 2.05) is 49.4 Å². The van der Waals surface area contributed by atoms with E-state index < -0.39 is 11.5 Å². The summed E-state index contributed by atoms with van der Waals surface area (Å²) in [6.07, 6.45) is 4.06. The van der Waals surface area contributed by atoms with Crippen LogP contribution in [0.4, 0.5) is 0 Å². The maximum Gasteiger partial charge on any atom is 0.276 e. The number of hydrazone groups is 1. The first-order valence-corrected chi connectivity index (χ1v) is 9.95. The summed E-state index contributed by atoms with van der Waals surface area (Å²) in [6.45, 7) is 2.98. The first-order valence-electron chi connectivity index (χ1n) is 9.57. The van der Waals surface area contributed by atoms with Gasteiger partial charge in [-0.15, -0.1) is 0 Å². The Kier molecular flexibility index (Phi) is 7.40. The molecule has 0 fully saturated rings. The van der Waals surface area contributed by atoms with Crippen LogP contribution in [0.15, 0.2) is 76.8 Å². The Bertz CT molecular complexity index is 1090. The van der Waals surface area contributed by atoms with Gasteiger partial charge >= 0.3 is 0 Å². The van der Waals surface area contributed by atoms with Crippen molar-refractivity contribution in [3.63, 3.8) is 0 Å². The predicted octanol–water partition coefficient (Wildman–Crippen LogP) is 4.10. The largest absolute Gasteiger partial charge is 0.494 e. The standard InChI is InChI=1S/C23H22ClN3O3/c1-2-14-30-19-11-9-17(10-12-19)15-25-26-22(28)20-7-5-13-27(23(20)29)16-18-6-3-4-8-21(18)24/h3-13,15H,2,14,16H2,1H3,(H,26,28)/b25-15-. The van der Waals surface area contributed by atoms with E-state index in [-0.39, 0.29) is 12.1 Å². The second-order valence-electron chi connectivity index (χ2n) is 6.56. The smallest absolute Gasteiger partial charge is 0.276 e. The van der Waals surface area contributed by atoms with Crippen molar-refractivity contribution in [2.75, 3.05) is 6.61 Å². The topological polar surface area (TPSA) is 72.7 Å². The van der Waals surface area contributed by atoms with Crippen LogP contribution in [0.25, 0.3) is 0 Å². The first kappa shape index (κ1) is 21.3. The van der Waals surface area contributed by atoms with Gasteiger partial charge in [0.1, 0.15) is 11.3 Å². The molecule has 1 N–H and O–H groups in total. The van der Waals surface area contributed by atoms with Gasteiger partial charge in [-0.1, -0.05) is 36.7 Å². The molecule has 6 nitrogen and oxygen atoms in total. The zero-order valence-corrected chi connectivity index (χ0v) is 17.3. The fourth-order valence-electron chi connectivity index (χ4n) is 2.74. The molecular weight excluding hydrogens is 402 g/mol. The molecule has 1 heterocycles. The molecule has 154 valence electrons. The molecule has 30 heavy (non-hydrogen) atoms. The first-order chi connectivity index (χ1) is 14.6. The summed E-state index contributed by atoms with van der Waals surface area (Å²) in [5, 5.41) is 4.51. The highest BCUT2D eigenvalue weighted by Gasteiger charge is 2.12. The summed E-state index contributed by atoms with van der Waals surface area (Å²) in [5.41, 5.74) is 3.58. The van der Waals surface area contributed by atoms with Gasteiger partial charge in [-0.05, 0) is 60.0 Å². The van der Waals surface area contributed by atoms with Crippen molar-refractivity contribution in [2.24, 2.45) is 5.10 Å². The lowest BCUT2D eigenvalue weighted by Crippen LogP contribution is -2.30. The highest BCUT2D eigenvalue weighted by Crippen LogP contribution is 2.15. The second kappa shape index (κ2) is 10.4. The molecule has 7 heteroatoms. The summed E-state index contributed by atoms with van der Waals surface area (Å²) in [6, 6.07) is 17.7. The van der Waals surface area contributed by atoms with Gasteiger partial charge in [0, 0.05) is 11.2 Å². The molecule has 0 saturated carbocycles. The third-order valence-electron chi connectivity index (χ3n) is 4.30. The molecule has 0 radical (unpaired) electrons. The summed E-state index contributed by atoms with van der Waals surface area (Å²) in [7, 11) is 0. The average Bonchev–Trinajstić information content (AvgIpc) is 2.76. The highest BCUT2D eigenvalue weighted by atomic mass is 35.5. The van der Waals surface area contributed by atoms with Crippen LogP contribution in [-0.4, -0.2) is 23.3 Å². The predicted molar refractivity (Wildman–Crippen MR) is 119 cm³/mol. The van der Waals surface area contributed by atoms with Crippen molar-refractivity contribution in [3.05, 3.63) is 98.9 Å². The van der Waals surface area contributed by atoms with E-state index >= 15 is 0 Å². The molecule has 0 spiro atoms. The van der Waals surface area contributed by atoms with Gasteiger partial charge in [-0.3, -0.25) is 9.59 Å². The maximum absolute atomic E-state index is 12.7. The molecule has 0 aliphatic rings. The van der Waals surface area contributed by atoms with Gasteiger partial charge in [0.25, 0.3) is 11.5 Å². The van der Waals surface area contributed by atoms with Gasteiger partial charge < -0.3 is 9.30 Å². The zero-order chi connectivity index (χ0) is 21.3. The lowest BCUT2D eigenvalue weighted by molar-refractivity contribution is 0.0953. The van der Waals surface area contributed by atoms with Gasteiger partial charge in [-0.2, -0.15) is 5.10 Å². The van der Waals surface area contributed by atoms with Crippen molar-refractivity contribution in [1.82, 2.24) is 9.99 Å². The number of hydrogen-bond donors (Lipinski definition) is 1. The van der Waals surface area contributed by atoms with Gasteiger partial charge in [0.05, 0.1) is 19.4 Å². The summed E-state index contributed by atoms with van der Waals surface area (Å²) in [5.74, 6) is 0.203. The number of nitrogens with one attached hydrogen (secondary N) is 1. The number of nitrogens with zero attached hydrogens (tertiary/aromatic N) is 2. The number of aromatic nitrogens is 1. The molecule has 0 atom stereocenters. The SMILES string of the molecule is CCCOc1ccc(/C=N\NC(=O)c2cccn(Cc3ccccc3Cl)c2=O)cc1. The minimum Gasteiger partial charge on any atom is -0.494 e. The third kappa shape index (κ3) is 5.58. The van der Waals surface area contributed by atoms with E-state index in [4.69, 9.17) is 16.3 Å². The molecule has 0 aliphatic heterocycles. The molecule has 0 unspecified atom stereocenters. The maximum atomic E-state index is 12.7. The molecule has 1 amide bonds. The van der Waals surface area contributed by atoms with E-state index in [2.05, 4.69) is 10.5 Å². The lowest BCUT2D eigenvalue weighted by Gasteiger charge is -2.09. The Hall–Kier alpha value is -3.38. The van der Waals surface area contributed by atoms with E-state index in [9.17, 15) is 9.59 Å². The number of hydrogen-bond acceptors (Lipinski definition) is 4. The number of rotatable bonds is 8. The van der Waals surface area contributed by atoms with Crippen molar-refractivity contribution in [2.45, 2.75) is 19.9 Å². The Morgan fingerprint density at radius 1 is 1.13 bits per heavy atom. The number of ether oxygens (including phenoxy) is 1. The van der Waals surface area contributed by atoms with E-state index in [1.165, 1.54) is 16.8 Å². The van der Waals surface area contributed by atoms with Crippen LogP contribution in [0.3, 0.4) is 0 Å². The molecule has 0 aliphatic carbocycles. The molecule has 0 bridgehead atoms. The number of carbonyl (C=O) groups excluding carboxylic acids is 1. The van der Waals surface area contributed by atoms with Crippen molar-refractivity contribution >= 4 is 23.7 Å². The average molecular weight is 424 g/mol. The Balaban J connectivity index is 1.66. The highest BCUT2D eigenvalue weighted by molar-refractivity contribution is 6.31. The monoisotopic (exact) mass is 423 g/mol. The number of halogens is 1. The zero-order valence-electron chi connectivity index (χ0n) is 16.5. The second-order valence-corrected chi connectivity index (χ2v) is 6.97. The summed E-state index contributed by atoms with van der Waals surface area (Å²) in [4.78, 5) is 25.1. The number of carbonyl (C=O) groups is 1. The van der Waals surface area contributed by atoms with Crippen molar-refractivity contribution < 1.29 is 9.53 Å². The summed E-state index contributed by atoms with van der Waals surface area (Å²) >= 11 is 6.17. The molecule has 0 saturated heterocycles. The van der Waals surface area contributed by atoms with Crippen LogP contribution >= 0.6 is 11.6 Å². The molecule has 3 aromatic rings. The quantitative estimate of drug-likeness (QED) is 0.438. The third-order valence-corrected chi connectivity index (χ3v) is 4.66. The van der Waals surface area contributed by atoms with Crippen molar-refractivity contribution in [1.29, 1.82) is 0 Å². The van der Waals surface area contributed by atoms with Gasteiger partial charge in [-0.25, -0.2) is 5.43 Å². The Morgan fingerprint density at radius 3 is 2.63 bits per heavy atom. The van der Waals surface area contributed by atoms with Crippen LogP contribution < -0.4 is 15.7 Å². The van der Waals surface area contributed by atoms with Crippen LogP contribution in [-0.2, 0) is 6.54 Å². The number of benzene rings is 2. The fourth-order valence-corrected chi connectivity index (χ4v) is 2.94. The number of pyridine rings is 1. The summed E-state index contributed by atoms with van der Waals surface area (Å²) < 4.78 is 6.96. The fraction of sp³-hybridized carbons (Fsp3) is 0.174. The van der Waals surface area contributed by atoms with Crippen LogP contribution in [0, 0.1) is 0 Å². The van der Waals surface area contributed by atoms with E-state index in [1.54, 1.807) is 18.3 Å². The minimum absolute atomic E-state index is 0.00465. The Morgan fingerprint density at radius 2 is 1.90 bits per heavy atom. The minimum atomic E-state index is -0.576. The Labute approximate surface area is 179 Å². The van der Waals surface area contributed by atoms with Gasteiger partial charge in [0.2, 0.25) is 0 Å². The normalized spacial score (nSPS) is 10.9. The molecule has 2 aromatic carbocycles. The number of amides is 1. The van der Waals surface area contributed by atoms with E-state index in [0.29, 0.717) is 11.6 Å². The van der Waals surface area contributed by atoms with Gasteiger partial charge in [0.15, 0.2) is 0 Å². The van der Waals surface area contributed by atoms with Crippen LogP contribution in [0.5, 0.6) is 5.75 Å². The molecular formula is C23H22ClN3O3. The lowest BCUT2D eigenvalue weighted by atomic mass is 10.2. The van der Waals surface area contributed by atoms with E-state index in [0.717, 1.165) is 23.3 Å². The van der Waals surface area contributed by atoms with Crippen LogP contribution in [0.1, 0.15) is 34.8 Å². The molecule has 1 aromatic heterocycles. The van der Waals surface area contributed by atoms with Crippen LogP contribution in [0.2, 0.25) is 5.02 Å².